The molecule has 1 atom stereocenters. The number of nitrogens with one attached hydrogen (secondary N) is 2. The van der Waals surface area contributed by atoms with Crippen LogP contribution in [0.4, 0.5) is 15.9 Å². The molecule has 1 aromatic carbocycles. The van der Waals surface area contributed by atoms with Crippen molar-refractivity contribution in [3.8, 4) is 5.75 Å². The Morgan fingerprint density at radius 2 is 2.16 bits per heavy atom. The molecule has 0 spiro atoms. The molecule has 8 nitrogen and oxygen atoms in total. The number of aryl methyl sites for hydroxylation is 1. The summed E-state index contributed by atoms with van der Waals surface area (Å²) in [5, 5.41) is 3.68. The Morgan fingerprint density at radius 3 is 2.91 bits per heavy atom. The molecule has 0 bridgehead atoms. The summed E-state index contributed by atoms with van der Waals surface area (Å²) in [7, 11) is 1.50. The molecule has 32 heavy (non-hydrogen) atoms. The third-order valence-electron chi connectivity index (χ3n) is 5.94. The summed E-state index contributed by atoms with van der Waals surface area (Å²) in [6.45, 7) is 3.32. The first-order chi connectivity index (χ1) is 15.4. The van der Waals surface area contributed by atoms with E-state index >= 15 is 0 Å². The summed E-state index contributed by atoms with van der Waals surface area (Å²) in [5.41, 5.74) is 3.64. The van der Waals surface area contributed by atoms with Crippen LogP contribution in [0.15, 0.2) is 29.1 Å². The van der Waals surface area contributed by atoms with Crippen LogP contribution >= 0.6 is 0 Å². The number of amides is 1. The van der Waals surface area contributed by atoms with E-state index in [1.807, 2.05) is 11.8 Å². The van der Waals surface area contributed by atoms with Crippen LogP contribution in [0.25, 0.3) is 10.9 Å². The normalized spacial score (nSPS) is 17.6. The highest BCUT2D eigenvalue weighted by atomic mass is 19.1. The number of aromatic nitrogens is 2. The molecule has 2 N–H and O–H groups in total. The number of hydrogen-bond donors (Lipinski definition) is 2. The predicted molar refractivity (Wildman–Crippen MR) is 118 cm³/mol. The Labute approximate surface area is 183 Å². The number of pyridine rings is 2. The van der Waals surface area contributed by atoms with Crippen LogP contribution in [-0.2, 0) is 18.0 Å². The zero-order valence-corrected chi connectivity index (χ0v) is 17.8. The molecule has 166 valence electrons. The second kappa shape index (κ2) is 7.90. The molecule has 1 saturated heterocycles. The number of rotatable bonds is 4. The average molecular weight is 438 g/mol. The van der Waals surface area contributed by atoms with Gasteiger partial charge in [-0.15, -0.1) is 0 Å². The first-order valence-corrected chi connectivity index (χ1v) is 10.5. The lowest BCUT2D eigenvalue weighted by Crippen LogP contribution is -2.26. The summed E-state index contributed by atoms with van der Waals surface area (Å²) >= 11 is 0. The van der Waals surface area contributed by atoms with Crippen molar-refractivity contribution < 1.29 is 18.7 Å². The fourth-order valence-corrected chi connectivity index (χ4v) is 4.33. The van der Waals surface area contributed by atoms with Gasteiger partial charge in [0.1, 0.15) is 17.7 Å². The van der Waals surface area contributed by atoms with E-state index in [0.717, 1.165) is 22.2 Å². The third kappa shape index (κ3) is 3.58. The Balaban J connectivity index is 1.54. The molecular weight excluding hydrogens is 415 g/mol. The Bertz CT molecular complexity index is 1290. The van der Waals surface area contributed by atoms with Crippen molar-refractivity contribution in [1.29, 1.82) is 0 Å². The van der Waals surface area contributed by atoms with E-state index in [0.29, 0.717) is 54.5 Å². The first kappa shape index (κ1) is 20.4. The molecule has 5 rings (SSSR count). The minimum atomic E-state index is -0.938. The average Bonchev–Trinajstić information content (AvgIpc) is 3.41. The smallest absolute Gasteiger partial charge is 0.259 e. The van der Waals surface area contributed by atoms with E-state index in [1.165, 1.54) is 13.2 Å². The minimum Gasteiger partial charge on any atom is -0.494 e. The molecule has 0 unspecified atom stereocenters. The number of carbonyl (C=O) groups excluding carboxylic acids is 1. The van der Waals surface area contributed by atoms with E-state index in [2.05, 4.69) is 15.3 Å². The molecule has 0 saturated carbocycles. The van der Waals surface area contributed by atoms with Crippen LogP contribution in [-0.4, -0.2) is 42.2 Å². The van der Waals surface area contributed by atoms with Gasteiger partial charge < -0.3 is 24.7 Å². The predicted octanol–water partition coefficient (Wildman–Crippen LogP) is 3.07. The van der Waals surface area contributed by atoms with Crippen molar-refractivity contribution in [2.75, 3.05) is 30.4 Å². The Morgan fingerprint density at radius 1 is 1.31 bits per heavy atom. The van der Waals surface area contributed by atoms with Gasteiger partial charge in [0.05, 0.1) is 43.6 Å². The van der Waals surface area contributed by atoms with E-state index in [9.17, 15) is 14.0 Å². The molecule has 0 aliphatic carbocycles. The summed E-state index contributed by atoms with van der Waals surface area (Å²) in [6.07, 6.45) is -0.525. The van der Waals surface area contributed by atoms with Gasteiger partial charge in [-0.05, 0) is 31.0 Å². The van der Waals surface area contributed by atoms with E-state index in [1.54, 1.807) is 18.2 Å². The van der Waals surface area contributed by atoms with Crippen molar-refractivity contribution >= 4 is 28.3 Å². The zero-order valence-electron chi connectivity index (χ0n) is 17.8. The largest absolute Gasteiger partial charge is 0.494 e. The van der Waals surface area contributed by atoms with Crippen molar-refractivity contribution in [3.63, 3.8) is 0 Å². The number of hydrogen-bond acceptors (Lipinski definition) is 6. The van der Waals surface area contributed by atoms with Gasteiger partial charge in [-0.2, -0.15) is 0 Å². The zero-order chi connectivity index (χ0) is 22.4. The van der Waals surface area contributed by atoms with Gasteiger partial charge in [-0.1, -0.05) is 0 Å². The number of nitrogens with zero attached hydrogens (tertiary/aromatic N) is 2. The number of fused-ring (bicyclic) bond motifs is 2. The van der Waals surface area contributed by atoms with Crippen molar-refractivity contribution in [3.05, 3.63) is 57.0 Å². The van der Waals surface area contributed by atoms with Gasteiger partial charge in [-0.25, -0.2) is 9.37 Å². The van der Waals surface area contributed by atoms with Gasteiger partial charge in [0.2, 0.25) is 5.56 Å². The fraction of sp³-hybridized carbons (Fsp3) is 0.348. The topological polar surface area (TPSA) is 96.5 Å². The van der Waals surface area contributed by atoms with Gasteiger partial charge >= 0.3 is 0 Å². The number of H-pyrrole nitrogens is 1. The maximum atomic E-state index is 13.9. The van der Waals surface area contributed by atoms with E-state index in [4.69, 9.17) is 9.47 Å². The number of alkyl halides is 1. The lowest BCUT2D eigenvalue weighted by molar-refractivity contribution is 0.102. The lowest BCUT2D eigenvalue weighted by atomic mass is 10.1. The van der Waals surface area contributed by atoms with Gasteiger partial charge in [0.15, 0.2) is 0 Å². The highest BCUT2D eigenvalue weighted by Crippen LogP contribution is 2.32. The number of benzene rings is 1. The number of halogens is 1. The van der Waals surface area contributed by atoms with E-state index in [-0.39, 0.29) is 18.0 Å². The molecule has 0 radical (unpaired) electrons. The maximum absolute atomic E-state index is 13.9. The quantitative estimate of drug-likeness (QED) is 0.650. The van der Waals surface area contributed by atoms with Crippen molar-refractivity contribution in [2.24, 2.45) is 0 Å². The monoisotopic (exact) mass is 438 g/mol. The summed E-state index contributed by atoms with van der Waals surface area (Å²) in [6, 6.07) is 6.73. The molecule has 4 heterocycles. The van der Waals surface area contributed by atoms with Crippen LogP contribution in [0.1, 0.15) is 33.6 Å². The molecular formula is C23H23FN4O4. The number of carbonyl (C=O) groups is 1. The van der Waals surface area contributed by atoms with Gasteiger partial charge in [-0.3, -0.25) is 9.59 Å². The summed E-state index contributed by atoms with van der Waals surface area (Å²) in [4.78, 5) is 34.5. The first-order valence-electron chi connectivity index (χ1n) is 10.5. The second-order valence-corrected chi connectivity index (χ2v) is 8.16. The van der Waals surface area contributed by atoms with Crippen LogP contribution in [0.5, 0.6) is 5.75 Å². The van der Waals surface area contributed by atoms with Crippen LogP contribution < -0.4 is 20.5 Å². The Hall–Kier alpha value is -3.46. The summed E-state index contributed by atoms with van der Waals surface area (Å²) < 4.78 is 24.8. The minimum absolute atomic E-state index is 0.212. The number of ether oxygens (including phenoxy) is 2. The van der Waals surface area contributed by atoms with Crippen molar-refractivity contribution in [2.45, 2.75) is 32.7 Å². The summed E-state index contributed by atoms with van der Waals surface area (Å²) in [5.74, 6) is 0.562. The lowest BCUT2D eigenvalue weighted by Gasteiger charge is -2.21. The maximum Gasteiger partial charge on any atom is 0.259 e. The molecule has 1 fully saturated rings. The highest BCUT2D eigenvalue weighted by molar-refractivity contribution is 6.09. The van der Waals surface area contributed by atoms with Gasteiger partial charge in [0, 0.05) is 35.3 Å². The third-order valence-corrected chi connectivity index (χ3v) is 5.94. The fourth-order valence-electron chi connectivity index (χ4n) is 4.33. The van der Waals surface area contributed by atoms with Gasteiger partial charge in [0.25, 0.3) is 5.91 Å². The number of anilines is 2. The number of methoxy groups -OCH3 is 1. The SMILES string of the molecule is COc1cc(NC(=O)c2cc3c(nc2N2CC[C@H](F)C2)COC3)cc2c(C)cc(=O)[nH]c12. The molecule has 2 aliphatic rings. The van der Waals surface area contributed by atoms with Crippen molar-refractivity contribution in [1.82, 2.24) is 9.97 Å². The molecule has 3 aromatic rings. The second-order valence-electron chi connectivity index (χ2n) is 8.16. The molecule has 9 heteroatoms. The van der Waals surface area contributed by atoms with Crippen LogP contribution in [0, 0.1) is 6.92 Å². The van der Waals surface area contributed by atoms with Crippen LogP contribution in [0.3, 0.4) is 0 Å². The Kier molecular flexibility index (Phi) is 5.05. The molecule has 2 aliphatic heterocycles. The standard InChI is InChI=1S/C23H23FN4O4/c1-12-5-20(29)27-21-16(12)7-15(8-19(21)31-2)25-23(30)17-6-13-10-32-11-18(13)26-22(17)28-4-3-14(24)9-28/h5-8,14H,3-4,9-11H2,1-2H3,(H,25,30)(H,27,29)/t14-/m0/s1. The molecule has 2 aromatic heterocycles. The molecule has 1 amide bonds. The van der Waals surface area contributed by atoms with E-state index < -0.39 is 6.17 Å². The number of aromatic amines is 1. The van der Waals surface area contributed by atoms with Crippen LogP contribution in [0.2, 0.25) is 0 Å². The highest BCUT2D eigenvalue weighted by Gasteiger charge is 2.29.